The molecule has 3 N–H and O–H groups in total. The number of ether oxygens (including phenoxy) is 2. The monoisotopic (exact) mass is 302 g/mol. The molecule has 0 aromatic heterocycles. The zero-order valence-corrected chi connectivity index (χ0v) is 12.8. The Morgan fingerprint density at radius 1 is 1.19 bits per heavy atom. The van der Waals surface area contributed by atoms with Gasteiger partial charge in [0, 0.05) is 6.61 Å². The fourth-order valence-electron chi connectivity index (χ4n) is 2.58. The highest BCUT2D eigenvalue weighted by Gasteiger charge is 2.40. The molecule has 0 bridgehead atoms. The molecule has 5 heteroatoms. The van der Waals surface area contributed by atoms with Crippen molar-refractivity contribution in [2.45, 2.75) is 69.4 Å². The van der Waals surface area contributed by atoms with Crippen molar-refractivity contribution in [1.29, 1.82) is 0 Å². The molecule has 0 aromatic rings. The van der Waals surface area contributed by atoms with Crippen LogP contribution in [0.1, 0.15) is 44.9 Å². The lowest BCUT2D eigenvalue weighted by Crippen LogP contribution is -2.42. The normalized spacial score (nSPS) is 26.9. The van der Waals surface area contributed by atoms with Crippen LogP contribution in [0.25, 0.3) is 0 Å². The average Bonchev–Trinajstić information content (AvgIpc) is 2.86. The maximum Gasteiger partial charge on any atom is 0.114 e. The van der Waals surface area contributed by atoms with Crippen molar-refractivity contribution in [1.82, 2.24) is 0 Å². The summed E-state index contributed by atoms with van der Waals surface area (Å²) in [7, 11) is 0. The van der Waals surface area contributed by atoms with E-state index >= 15 is 0 Å². The lowest BCUT2D eigenvalue weighted by Gasteiger charge is -2.23. The van der Waals surface area contributed by atoms with Crippen molar-refractivity contribution in [3.8, 4) is 0 Å². The van der Waals surface area contributed by atoms with E-state index in [-0.39, 0.29) is 13.2 Å². The van der Waals surface area contributed by atoms with Crippen LogP contribution in [0.3, 0.4) is 0 Å². The van der Waals surface area contributed by atoms with Crippen molar-refractivity contribution in [2.75, 3.05) is 19.8 Å². The van der Waals surface area contributed by atoms with Crippen molar-refractivity contribution < 1.29 is 24.8 Å². The Labute approximate surface area is 127 Å². The van der Waals surface area contributed by atoms with Gasteiger partial charge < -0.3 is 24.8 Å². The third kappa shape index (κ3) is 6.89. The molecule has 0 aliphatic carbocycles. The van der Waals surface area contributed by atoms with E-state index in [0.717, 1.165) is 19.3 Å². The van der Waals surface area contributed by atoms with E-state index in [4.69, 9.17) is 14.6 Å². The Kier molecular flexibility index (Phi) is 9.87. The highest BCUT2D eigenvalue weighted by Crippen LogP contribution is 2.21. The van der Waals surface area contributed by atoms with Gasteiger partial charge in [0.25, 0.3) is 0 Å². The van der Waals surface area contributed by atoms with Crippen molar-refractivity contribution in [3.63, 3.8) is 0 Å². The molecule has 0 amide bonds. The number of rotatable bonds is 12. The maximum absolute atomic E-state index is 9.78. The third-order valence-corrected chi connectivity index (χ3v) is 3.84. The van der Waals surface area contributed by atoms with Gasteiger partial charge in [0.15, 0.2) is 0 Å². The summed E-state index contributed by atoms with van der Waals surface area (Å²) < 4.78 is 10.9. The van der Waals surface area contributed by atoms with Gasteiger partial charge in [0.05, 0.1) is 13.2 Å². The number of hydrogen-bond acceptors (Lipinski definition) is 5. The highest BCUT2D eigenvalue weighted by atomic mass is 16.6. The summed E-state index contributed by atoms with van der Waals surface area (Å²) in [5.41, 5.74) is 0. The summed E-state index contributed by atoms with van der Waals surface area (Å²) in [4.78, 5) is 0. The molecule has 1 rings (SSSR count). The molecular weight excluding hydrogens is 272 g/mol. The van der Waals surface area contributed by atoms with Crippen LogP contribution in [0.5, 0.6) is 0 Å². The number of aliphatic hydroxyl groups is 3. The number of aliphatic hydroxyl groups excluding tert-OH is 3. The molecule has 5 nitrogen and oxygen atoms in total. The topological polar surface area (TPSA) is 79.2 Å². The predicted molar refractivity (Wildman–Crippen MR) is 81.1 cm³/mol. The lowest BCUT2D eigenvalue weighted by atomic mass is 10.1. The second-order valence-electron chi connectivity index (χ2n) is 5.65. The smallest absolute Gasteiger partial charge is 0.114 e. The molecule has 124 valence electrons. The van der Waals surface area contributed by atoms with Crippen LogP contribution in [-0.2, 0) is 9.47 Å². The van der Waals surface area contributed by atoms with Gasteiger partial charge in [0.2, 0.25) is 0 Å². The maximum atomic E-state index is 9.78. The summed E-state index contributed by atoms with van der Waals surface area (Å²) in [6.07, 6.45) is 7.06. The molecule has 0 aromatic carbocycles. The molecule has 21 heavy (non-hydrogen) atoms. The van der Waals surface area contributed by atoms with Gasteiger partial charge in [-0.15, -0.1) is 6.58 Å². The van der Waals surface area contributed by atoms with E-state index in [2.05, 4.69) is 6.58 Å². The van der Waals surface area contributed by atoms with E-state index in [1.54, 1.807) is 0 Å². The summed E-state index contributed by atoms with van der Waals surface area (Å²) in [6, 6.07) is 0. The van der Waals surface area contributed by atoms with Crippen molar-refractivity contribution >= 4 is 0 Å². The van der Waals surface area contributed by atoms with Crippen LogP contribution in [0, 0.1) is 0 Å². The summed E-state index contributed by atoms with van der Waals surface area (Å²) in [5.74, 6) is 0. The molecular formula is C16H30O5. The molecule has 4 atom stereocenters. The molecule has 1 saturated heterocycles. The fourth-order valence-corrected chi connectivity index (χ4v) is 2.58. The first-order valence-electron chi connectivity index (χ1n) is 8.01. The highest BCUT2D eigenvalue weighted by molar-refractivity contribution is 4.89. The van der Waals surface area contributed by atoms with Gasteiger partial charge in [0.1, 0.15) is 24.4 Å². The van der Waals surface area contributed by atoms with E-state index in [1.165, 1.54) is 25.7 Å². The number of allylic oxidation sites excluding steroid dienone is 1. The molecule has 0 spiro atoms. The third-order valence-electron chi connectivity index (χ3n) is 3.84. The number of unbranched alkanes of at least 4 members (excludes halogenated alkanes) is 6. The van der Waals surface area contributed by atoms with Crippen molar-refractivity contribution in [2.24, 2.45) is 0 Å². The molecule has 0 radical (unpaired) electrons. The van der Waals surface area contributed by atoms with Gasteiger partial charge in [-0.25, -0.2) is 0 Å². The molecule has 1 fully saturated rings. The Hall–Kier alpha value is -0.460. The second-order valence-corrected chi connectivity index (χ2v) is 5.65. The van der Waals surface area contributed by atoms with Gasteiger partial charge in [-0.05, 0) is 19.3 Å². The summed E-state index contributed by atoms with van der Waals surface area (Å²) >= 11 is 0. The van der Waals surface area contributed by atoms with Crippen molar-refractivity contribution in [3.05, 3.63) is 12.7 Å². The van der Waals surface area contributed by atoms with Gasteiger partial charge in [-0.2, -0.15) is 0 Å². The quantitative estimate of drug-likeness (QED) is 0.375. The standard InChI is InChI=1S/C16H30O5/c1-2-3-4-5-6-7-8-9-10-20-16-14(19)12-21-15(16)13(18)11-17/h2,13-19H,1,3-12H2/t13-,14+,15-,16-/m1/s1. The minimum absolute atomic E-state index is 0.149. The Balaban J connectivity index is 2.06. The Morgan fingerprint density at radius 3 is 2.52 bits per heavy atom. The summed E-state index contributed by atoms with van der Waals surface area (Å²) in [6.45, 7) is 4.02. The zero-order chi connectivity index (χ0) is 15.5. The fraction of sp³-hybridized carbons (Fsp3) is 0.875. The van der Waals surface area contributed by atoms with E-state index in [1.807, 2.05) is 6.08 Å². The van der Waals surface area contributed by atoms with E-state index in [0.29, 0.717) is 6.61 Å². The zero-order valence-electron chi connectivity index (χ0n) is 12.8. The molecule has 1 heterocycles. The van der Waals surface area contributed by atoms with Crippen LogP contribution >= 0.6 is 0 Å². The molecule has 0 unspecified atom stereocenters. The number of hydrogen-bond donors (Lipinski definition) is 3. The van der Waals surface area contributed by atoms with E-state index in [9.17, 15) is 10.2 Å². The minimum atomic E-state index is -1.00. The minimum Gasteiger partial charge on any atom is -0.394 e. The van der Waals surface area contributed by atoms with Crippen LogP contribution in [0.4, 0.5) is 0 Å². The SMILES string of the molecule is C=CCCCCCCCCO[C@H]1[C@@H]([C@H](O)CO)OC[C@@H]1O. The Morgan fingerprint density at radius 2 is 1.86 bits per heavy atom. The summed E-state index contributed by atoms with van der Waals surface area (Å²) in [5, 5.41) is 28.3. The van der Waals surface area contributed by atoms with E-state index < -0.39 is 24.4 Å². The first-order chi connectivity index (χ1) is 10.2. The average molecular weight is 302 g/mol. The first kappa shape index (κ1) is 18.6. The van der Waals surface area contributed by atoms with Crippen LogP contribution < -0.4 is 0 Å². The van der Waals surface area contributed by atoms with Crippen LogP contribution in [-0.4, -0.2) is 59.6 Å². The Bertz CT molecular complexity index is 271. The molecule has 0 saturated carbocycles. The van der Waals surface area contributed by atoms with Gasteiger partial charge in [-0.3, -0.25) is 0 Å². The first-order valence-corrected chi connectivity index (χ1v) is 8.01. The lowest BCUT2D eigenvalue weighted by molar-refractivity contribution is -0.0938. The molecule has 1 aliphatic rings. The molecule has 1 aliphatic heterocycles. The predicted octanol–water partition coefficient (Wildman–Crippen LogP) is 1.40. The van der Waals surface area contributed by atoms with Gasteiger partial charge >= 0.3 is 0 Å². The van der Waals surface area contributed by atoms with Gasteiger partial charge in [-0.1, -0.05) is 31.8 Å². The largest absolute Gasteiger partial charge is 0.394 e. The second kappa shape index (κ2) is 11.2. The van der Waals surface area contributed by atoms with Crippen LogP contribution in [0.2, 0.25) is 0 Å². The van der Waals surface area contributed by atoms with Crippen LogP contribution in [0.15, 0.2) is 12.7 Å².